The molecule has 1 aliphatic rings. The highest BCUT2D eigenvalue weighted by atomic mass is 32.2. The van der Waals surface area contributed by atoms with Crippen LogP contribution in [0.3, 0.4) is 0 Å². The van der Waals surface area contributed by atoms with Gasteiger partial charge in [0, 0.05) is 12.2 Å². The summed E-state index contributed by atoms with van der Waals surface area (Å²) in [5, 5.41) is 0. The topological polar surface area (TPSA) is 70.2 Å². The molecule has 2 heterocycles. The quantitative estimate of drug-likeness (QED) is 0.920. The van der Waals surface area contributed by atoms with Gasteiger partial charge in [0.25, 0.3) is 10.0 Å². The lowest BCUT2D eigenvalue weighted by atomic mass is 10.0. The van der Waals surface area contributed by atoms with Crippen LogP contribution >= 0.6 is 11.3 Å². The van der Waals surface area contributed by atoms with Gasteiger partial charge in [0.05, 0.1) is 5.69 Å². The van der Waals surface area contributed by atoms with Crippen LogP contribution in [0.1, 0.15) is 23.2 Å². The van der Waals surface area contributed by atoms with Crippen LogP contribution < -0.4 is 9.18 Å². The highest BCUT2D eigenvalue weighted by Gasteiger charge is 2.31. The minimum absolute atomic E-state index is 0.112. The summed E-state index contributed by atoms with van der Waals surface area (Å²) in [4.78, 5) is 13.6. The summed E-state index contributed by atoms with van der Waals surface area (Å²) >= 11 is 0.752. The summed E-state index contributed by atoms with van der Waals surface area (Å²) in [6.07, 6.45) is 1.67. The smallest absolute Gasteiger partial charge is 0.306 e. The number of fused-ring (bicyclic) bond motifs is 1. The van der Waals surface area contributed by atoms with Crippen molar-refractivity contribution in [3.05, 3.63) is 44.7 Å². The van der Waals surface area contributed by atoms with E-state index < -0.39 is 10.0 Å². The lowest BCUT2D eigenvalue weighted by Crippen LogP contribution is -2.35. The maximum atomic E-state index is 12.8. The second-order valence-corrected chi connectivity index (χ2v) is 8.28. The summed E-state index contributed by atoms with van der Waals surface area (Å²) in [7, 11) is -3.68. The van der Waals surface area contributed by atoms with Gasteiger partial charge in [-0.25, -0.2) is 8.42 Å². The number of sulfonamides is 1. The predicted molar refractivity (Wildman–Crippen MR) is 83.7 cm³/mol. The van der Waals surface area contributed by atoms with Gasteiger partial charge in [-0.05, 0) is 38.3 Å². The highest BCUT2D eigenvalue weighted by molar-refractivity contribution is 7.94. The largest absolute Gasteiger partial charge is 0.315 e. The van der Waals surface area contributed by atoms with E-state index in [1.807, 2.05) is 25.1 Å². The predicted octanol–water partition coefficient (Wildman–Crippen LogP) is 2.19. The van der Waals surface area contributed by atoms with Gasteiger partial charge >= 0.3 is 4.87 Å². The number of nitrogens with one attached hydrogen (secondary N) is 1. The van der Waals surface area contributed by atoms with Crippen LogP contribution in [-0.4, -0.2) is 19.9 Å². The summed E-state index contributed by atoms with van der Waals surface area (Å²) in [6.45, 7) is 4.06. The zero-order chi connectivity index (χ0) is 15.2. The number of aryl methyl sites for hydroxylation is 3. The maximum absolute atomic E-state index is 12.8. The molecule has 0 atom stereocenters. The van der Waals surface area contributed by atoms with Gasteiger partial charge in [0.1, 0.15) is 0 Å². The van der Waals surface area contributed by atoms with Crippen molar-refractivity contribution < 1.29 is 8.42 Å². The average molecular weight is 324 g/mol. The Labute approximate surface area is 127 Å². The normalized spacial score (nSPS) is 15.0. The minimum Gasteiger partial charge on any atom is -0.315 e. The van der Waals surface area contributed by atoms with Gasteiger partial charge < -0.3 is 4.98 Å². The number of benzene rings is 1. The molecule has 2 aromatic rings. The molecule has 0 saturated heterocycles. The van der Waals surface area contributed by atoms with Crippen molar-refractivity contribution in [2.75, 3.05) is 10.8 Å². The Bertz CT molecular complexity index is 849. The van der Waals surface area contributed by atoms with E-state index in [4.69, 9.17) is 0 Å². The minimum atomic E-state index is -3.68. The third-order valence-corrected chi connectivity index (χ3v) is 7.01. The molecule has 3 rings (SSSR count). The third kappa shape index (κ3) is 2.40. The summed E-state index contributed by atoms with van der Waals surface area (Å²) in [6, 6.07) is 5.80. The molecule has 1 aromatic heterocycles. The van der Waals surface area contributed by atoms with E-state index in [0.717, 1.165) is 41.0 Å². The van der Waals surface area contributed by atoms with Crippen LogP contribution in [0.2, 0.25) is 0 Å². The molecule has 1 aliphatic heterocycles. The molecule has 0 saturated carbocycles. The number of aromatic amines is 1. The fourth-order valence-corrected chi connectivity index (χ4v) is 5.62. The monoisotopic (exact) mass is 324 g/mol. The van der Waals surface area contributed by atoms with E-state index in [0.29, 0.717) is 12.2 Å². The van der Waals surface area contributed by atoms with Crippen LogP contribution in [0.4, 0.5) is 5.69 Å². The highest BCUT2D eigenvalue weighted by Crippen LogP contribution is 2.33. The average Bonchev–Trinajstić information content (AvgIpc) is 2.77. The Morgan fingerprint density at radius 3 is 2.71 bits per heavy atom. The number of rotatable bonds is 2. The van der Waals surface area contributed by atoms with Gasteiger partial charge in [0.15, 0.2) is 4.21 Å². The molecule has 1 N–H and O–H groups in total. The van der Waals surface area contributed by atoms with Crippen LogP contribution in [0.5, 0.6) is 0 Å². The van der Waals surface area contributed by atoms with E-state index >= 15 is 0 Å². The van der Waals surface area contributed by atoms with Crippen molar-refractivity contribution in [2.45, 2.75) is 30.9 Å². The Kier molecular flexibility index (Phi) is 3.41. The maximum Gasteiger partial charge on any atom is 0.306 e. The van der Waals surface area contributed by atoms with E-state index in [9.17, 15) is 13.2 Å². The van der Waals surface area contributed by atoms with Crippen molar-refractivity contribution in [1.82, 2.24) is 4.98 Å². The molecule has 112 valence electrons. The first-order chi connectivity index (χ1) is 9.89. The lowest BCUT2D eigenvalue weighted by Gasteiger charge is -2.30. The van der Waals surface area contributed by atoms with Crippen molar-refractivity contribution in [3.8, 4) is 0 Å². The van der Waals surface area contributed by atoms with Crippen LogP contribution in [-0.2, 0) is 16.4 Å². The fourth-order valence-electron chi connectivity index (χ4n) is 2.68. The molecular weight excluding hydrogens is 308 g/mol. The molecule has 0 bridgehead atoms. The molecular formula is C14H16N2O3S2. The number of nitrogens with zero attached hydrogens (tertiary/aromatic N) is 1. The van der Waals surface area contributed by atoms with E-state index in [-0.39, 0.29) is 9.08 Å². The lowest BCUT2D eigenvalue weighted by molar-refractivity contribution is 0.588. The SMILES string of the molecule is Cc1ccc2c(c1)CCCN2S(=O)(=O)c1sc(=O)[nH]c1C. The first kappa shape index (κ1) is 14.3. The Morgan fingerprint density at radius 1 is 1.29 bits per heavy atom. The molecule has 0 fully saturated rings. The van der Waals surface area contributed by atoms with Crippen LogP contribution in [0.15, 0.2) is 27.2 Å². The molecule has 0 spiro atoms. The van der Waals surface area contributed by atoms with Gasteiger partial charge in [0.2, 0.25) is 0 Å². The molecule has 5 nitrogen and oxygen atoms in total. The molecule has 0 unspecified atom stereocenters. The van der Waals surface area contributed by atoms with Crippen molar-refractivity contribution in [2.24, 2.45) is 0 Å². The summed E-state index contributed by atoms with van der Waals surface area (Å²) < 4.78 is 27.2. The van der Waals surface area contributed by atoms with Gasteiger partial charge in [-0.2, -0.15) is 0 Å². The fraction of sp³-hybridized carbons (Fsp3) is 0.357. The Morgan fingerprint density at radius 2 is 2.05 bits per heavy atom. The zero-order valence-electron chi connectivity index (χ0n) is 11.8. The molecule has 0 amide bonds. The summed E-state index contributed by atoms with van der Waals surface area (Å²) in [5.41, 5.74) is 3.30. The number of hydrogen-bond donors (Lipinski definition) is 1. The van der Waals surface area contributed by atoms with E-state index in [2.05, 4.69) is 4.98 Å². The number of aromatic nitrogens is 1. The number of hydrogen-bond acceptors (Lipinski definition) is 4. The summed E-state index contributed by atoms with van der Waals surface area (Å²) in [5.74, 6) is 0. The van der Waals surface area contributed by atoms with Gasteiger partial charge in [-0.1, -0.05) is 29.0 Å². The molecule has 7 heteroatoms. The second kappa shape index (κ2) is 4.99. The van der Waals surface area contributed by atoms with Crippen LogP contribution in [0.25, 0.3) is 0 Å². The number of H-pyrrole nitrogens is 1. The first-order valence-corrected chi connectivity index (χ1v) is 8.97. The first-order valence-electron chi connectivity index (χ1n) is 6.71. The van der Waals surface area contributed by atoms with Gasteiger partial charge in [-0.3, -0.25) is 9.10 Å². The number of thiazole rings is 1. The Hall–Kier alpha value is -1.60. The van der Waals surface area contributed by atoms with Crippen molar-refractivity contribution in [3.63, 3.8) is 0 Å². The molecule has 0 radical (unpaired) electrons. The zero-order valence-corrected chi connectivity index (χ0v) is 13.5. The van der Waals surface area contributed by atoms with Crippen LogP contribution in [0, 0.1) is 13.8 Å². The number of anilines is 1. The van der Waals surface area contributed by atoms with Gasteiger partial charge in [-0.15, -0.1) is 0 Å². The third-order valence-electron chi connectivity index (χ3n) is 3.62. The van der Waals surface area contributed by atoms with E-state index in [1.165, 1.54) is 4.31 Å². The second-order valence-electron chi connectivity index (χ2n) is 5.24. The molecule has 21 heavy (non-hydrogen) atoms. The standard InChI is InChI=1S/C14H16N2O3S2/c1-9-5-6-12-11(8-9)4-3-7-16(12)21(18,19)13-10(2)15-14(17)20-13/h5-6,8H,3-4,7H2,1-2H3,(H,15,17). The molecule has 0 aliphatic carbocycles. The van der Waals surface area contributed by atoms with Crippen molar-refractivity contribution >= 4 is 27.0 Å². The van der Waals surface area contributed by atoms with Crippen molar-refractivity contribution in [1.29, 1.82) is 0 Å². The Balaban J connectivity index is 2.14. The molecule has 1 aromatic carbocycles. The van der Waals surface area contributed by atoms with E-state index in [1.54, 1.807) is 6.92 Å².